The lowest BCUT2D eigenvalue weighted by molar-refractivity contribution is -0.142. The Balaban J connectivity index is 1.44. The number of benzene rings is 1. The summed E-state index contributed by atoms with van der Waals surface area (Å²) in [4.78, 5) is 25.5. The quantitative estimate of drug-likeness (QED) is 0.796. The number of para-hydroxylation sites is 1. The Morgan fingerprint density at radius 2 is 1.93 bits per heavy atom. The van der Waals surface area contributed by atoms with E-state index in [1.54, 1.807) is 6.07 Å². The van der Waals surface area contributed by atoms with Crippen LogP contribution in [-0.2, 0) is 4.79 Å². The SMILES string of the molecule is O=C(O)C1CCC(NC(=O)N2CCCC(COc3ccccc3Cl)C2)CC1. The minimum Gasteiger partial charge on any atom is -0.492 e. The Hall–Kier alpha value is -1.95. The molecule has 3 rings (SSSR count). The van der Waals surface area contributed by atoms with Crippen LogP contribution in [-0.4, -0.2) is 47.7 Å². The van der Waals surface area contributed by atoms with Gasteiger partial charge in [-0.25, -0.2) is 4.79 Å². The normalized spacial score (nSPS) is 25.7. The van der Waals surface area contributed by atoms with Crippen molar-refractivity contribution >= 4 is 23.6 Å². The summed E-state index contributed by atoms with van der Waals surface area (Å²) in [5.41, 5.74) is 0. The topological polar surface area (TPSA) is 78.9 Å². The summed E-state index contributed by atoms with van der Waals surface area (Å²) >= 11 is 6.12. The minimum absolute atomic E-state index is 0.0452. The predicted molar refractivity (Wildman–Crippen MR) is 103 cm³/mol. The van der Waals surface area contributed by atoms with Crippen LogP contribution in [0.1, 0.15) is 38.5 Å². The van der Waals surface area contributed by atoms with Crippen LogP contribution in [0.4, 0.5) is 4.79 Å². The second-order valence-corrected chi connectivity index (χ2v) is 7.94. The number of nitrogens with zero attached hydrogens (tertiary/aromatic N) is 1. The molecule has 6 nitrogen and oxygen atoms in total. The maximum Gasteiger partial charge on any atom is 0.317 e. The van der Waals surface area contributed by atoms with Gasteiger partial charge in [0.25, 0.3) is 0 Å². The van der Waals surface area contributed by atoms with Gasteiger partial charge in [0.1, 0.15) is 5.75 Å². The van der Waals surface area contributed by atoms with Gasteiger partial charge >= 0.3 is 12.0 Å². The second kappa shape index (κ2) is 9.31. The van der Waals surface area contributed by atoms with E-state index < -0.39 is 5.97 Å². The molecule has 1 saturated carbocycles. The first-order chi connectivity index (χ1) is 13.0. The molecule has 1 aromatic rings. The van der Waals surface area contributed by atoms with E-state index >= 15 is 0 Å². The monoisotopic (exact) mass is 394 g/mol. The van der Waals surface area contributed by atoms with Crippen LogP contribution >= 0.6 is 11.6 Å². The average Bonchev–Trinajstić information content (AvgIpc) is 2.68. The number of likely N-dealkylation sites (tertiary alicyclic amines) is 1. The number of nitrogens with one attached hydrogen (secondary N) is 1. The van der Waals surface area contributed by atoms with Crippen LogP contribution in [0.15, 0.2) is 24.3 Å². The Labute approximate surface area is 164 Å². The van der Waals surface area contributed by atoms with E-state index in [0.717, 1.165) is 32.2 Å². The largest absolute Gasteiger partial charge is 0.492 e. The van der Waals surface area contributed by atoms with Gasteiger partial charge in [-0.2, -0.15) is 0 Å². The lowest BCUT2D eigenvalue weighted by atomic mass is 9.86. The highest BCUT2D eigenvalue weighted by Crippen LogP contribution is 2.26. The smallest absolute Gasteiger partial charge is 0.317 e. The number of carboxylic acid groups (broad SMARTS) is 1. The molecule has 2 amide bonds. The van der Waals surface area contributed by atoms with E-state index in [-0.39, 0.29) is 23.9 Å². The zero-order valence-electron chi connectivity index (χ0n) is 15.4. The standard InChI is InChI=1S/C20H27ClN2O4/c21-17-5-1-2-6-18(17)27-13-14-4-3-11-23(12-14)20(26)22-16-9-7-15(8-10-16)19(24)25/h1-2,5-6,14-16H,3-4,7-13H2,(H,22,26)(H,24,25). The van der Waals surface area contributed by atoms with Gasteiger partial charge in [0.15, 0.2) is 0 Å². The fourth-order valence-corrected chi connectivity index (χ4v) is 4.10. The number of rotatable bonds is 5. The minimum atomic E-state index is -0.725. The van der Waals surface area contributed by atoms with Crippen molar-refractivity contribution in [1.82, 2.24) is 10.2 Å². The third-order valence-corrected chi connectivity index (χ3v) is 5.83. The van der Waals surface area contributed by atoms with Gasteiger partial charge in [-0.15, -0.1) is 0 Å². The number of halogens is 1. The highest BCUT2D eigenvalue weighted by Gasteiger charge is 2.29. The molecule has 148 valence electrons. The van der Waals surface area contributed by atoms with Gasteiger partial charge < -0.3 is 20.1 Å². The molecule has 0 spiro atoms. The summed E-state index contributed by atoms with van der Waals surface area (Å²) in [5.74, 6) is -0.0314. The molecule has 1 aromatic carbocycles. The summed E-state index contributed by atoms with van der Waals surface area (Å²) in [6.07, 6.45) is 4.71. The number of hydrogen-bond donors (Lipinski definition) is 2. The molecular weight excluding hydrogens is 368 g/mol. The molecule has 2 aliphatic rings. The molecule has 1 unspecified atom stereocenters. The fraction of sp³-hybridized carbons (Fsp3) is 0.600. The van der Waals surface area contributed by atoms with Crippen LogP contribution in [0.2, 0.25) is 5.02 Å². The van der Waals surface area contributed by atoms with Crippen LogP contribution < -0.4 is 10.1 Å². The fourth-order valence-electron chi connectivity index (χ4n) is 3.91. The first-order valence-electron chi connectivity index (χ1n) is 9.68. The number of carbonyl (C=O) groups is 2. The molecule has 2 N–H and O–H groups in total. The Morgan fingerprint density at radius 1 is 1.19 bits per heavy atom. The molecule has 1 aliphatic carbocycles. The zero-order chi connectivity index (χ0) is 19.2. The Morgan fingerprint density at radius 3 is 2.63 bits per heavy atom. The van der Waals surface area contributed by atoms with Crippen molar-refractivity contribution in [2.45, 2.75) is 44.6 Å². The first-order valence-corrected chi connectivity index (χ1v) is 10.1. The summed E-state index contributed by atoms with van der Waals surface area (Å²) in [6.45, 7) is 1.96. The maximum atomic E-state index is 12.6. The molecular formula is C20H27ClN2O4. The van der Waals surface area contributed by atoms with E-state index in [9.17, 15) is 9.59 Å². The molecule has 0 aromatic heterocycles. The number of amides is 2. The molecule has 27 heavy (non-hydrogen) atoms. The third kappa shape index (κ3) is 5.51. The van der Waals surface area contributed by atoms with E-state index in [0.29, 0.717) is 36.8 Å². The molecule has 1 saturated heterocycles. The van der Waals surface area contributed by atoms with Crippen molar-refractivity contribution in [3.8, 4) is 5.75 Å². The molecule has 0 radical (unpaired) electrons. The van der Waals surface area contributed by atoms with Gasteiger partial charge in [0.05, 0.1) is 17.5 Å². The summed E-state index contributed by atoms with van der Waals surface area (Å²) < 4.78 is 5.84. The number of aliphatic carboxylic acids is 1. The number of carboxylic acids is 1. The first kappa shape index (κ1) is 19.8. The van der Waals surface area contributed by atoms with Crippen molar-refractivity contribution in [2.24, 2.45) is 11.8 Å². The van der Waals surface area contributed by atoms with Crippen LogP contribution in [0.25, 0.3) is 0 Å². The highest BCUT2D eigenvalue weighted by atomic mass is 35.5. The van der Waals surface area contributed by atoms with Crippen molar-refractivity contribution in [3.63, 3.8) is 0 Å². The lowest BCUT2D eigenvalue weighted by Crippen LogP contribution is -2.50. The van der Waals surface area contributed by atoms with E-state index in [4.69, 9.17) is 21.4 Å². The number of carbonyl (C=O) groups excluding carboxylic acids is 1. The van der Waals surface area contributed by atoms with Crippen molar-refractivity contribution in [2.75, 3.05) is 19.7 Å². The molecule has 1 heterocycles. The molecule has 2 fully saturated rings. The molecule has 1 atom stereocenters. The summed E-state index contributed by atoms with van der Waals surface area (Å²) in [5, 5.41) is 12.8. The van der Waals surface area contributed by atoms with Crippen LogP contribution in [0.5, 0.6) is 5.75 Å². The molecule has 7 heteroatoms. The van der Waals surface area contributed by atoms with Gasteiger partial charge in [0, 0.05) is 25.0 Å². The van der Waals surface area contributed by atoms with E-state index in [2.05, 4.69) is 5.32 Å². The summed E-state index contributed by atoms with van der Waals surface area (Å²) in [7, 11) is 0. The predicted octanol–water partition coefficient (Wildman–Crippen LogP) is 3.78. The third-order valence-electron chi connectivity index (χ3n) is 5.52. The van der Waals surface area contributed by atoms with Crippen molar-refractivity contribution in [1.29, 1.82) is 0 Å². The average molecular weight is 395 g/mol. The Bertz CT molecular complexity index is 661. The van der Waals surface area contributed by atoms with Gasteiger partial charge in [-0.3, -0.25) is 4.79 Å². The summed E-state index contributed by atoms with van der Waals surface area (Å²) in [6, 6.07) is 7.44. The van der Waals surface area contributed by atoms with Crippen LogP contribution in [0, 0.1) is 11.8 Å². The van der Waals surface area contributed by atoms with Gasteiger partial charge in [-0.05, 0) is 50.7 Å². The van der Waals surface area contributed by atoms with E-state index in [1.165, 1.54) is 0 Å². The number of hydrogen-bond acceptors (Lipinski definition) is 3. The number of ether oxygens (including phenoxy) is 1. The zero-order valence-corrected chi connectivity index (χ0v) is 16.2. The molecule has 0 bridgehead atoms. The van der Waals surface area contributed by atoms with E-state index in [1.807, 2.05) is 23.1 Å². The molecule has 1 aliphatic heterocycles. The van der Waals surface area contributed by atoms with Crippen molar-refractivity contribution in [3.05, 3.63) is 29.3 Å². The second-order valence-electron chi connectivity index (χ2n) is 7.53. The van der Waals surface area contributed by atoms with Gasteiger partial charge in [-0.1, -0.05) is 23.7 Å². The highest BCUT2D eigenvalue weighted by molar-refractivity contribution is 6.32. The lowest BCUT2D eigenvalue weighted by Gasteiger charge is -2.35. The maximum absolute atomic E-state index is 12.6. The van der Waals surface area contributed by atoms with Crippen LogP contribution in [0.3, 0.4) is 0 Å². The Kier molecular flexibility index (Phi) is 6.83. The van der Waals surface area contributed by atoms with Crippen molar-refractivity contribution < 1.29 is 19.4 Å². The number of piperidine rings is 1. The van der Waals surface area contributed by atoms with Gasteiger partial charge in [0.2, 0.25) is 0 Å². The number of urea groups is 1.